The first-order valence-electron chi connectivity index (χ1n) is 5.97. The van der Waals surface area contributed by atoms with Gasteiger partial charge in [0.2, 0.25) is 0 Å². The number of nitrogens with zero attached hydrogens (tertiary/aromatic N) is 2. The zero-order chi connectivity index (χ0) is 13.7. The summed E-state index contributed by atoms with van der Waals surface area (Å²) in [6.45, 7) is 2.63. The van der Waals surface area contributed by atoms with E-state index < -0.39 is 0 Å². The van der Waals surface area contributed by atoms with Crippen molar-refractivity contribution >= 4 is 17.4 Å². The molecule has 3 nitrogen and oxygen atoms in total. The van der Waals surface area contributed by atoms with Crippen molar-refractivity contribution in [1.82, 2.24) is 4.98 Å². The molecule has 0 aliphatic carbocycles. The van der Waals surface area contributed by atoms with Crippen LogP contribution in [0.25, 0.3) is 0 Å². The van der Waals surface area contributed by atoms with Crippen LogP contribution in [0.15, 0.2) is 41.4 Å². The highest BCUT2D eigenvalue weighted by atomic mass is 32.2. The number of nitrogens with one attached hydrogen (secondary N) is 1. The van der Waals surface area contributed by atoms with Crippen molar-refractivity contribution in [2.24, 2.45) is 0 Å². The molecule has 0 aliphatic rings. The summed E-state index contributed by atoms with van der Waals surface area (Å²) < 4.78 is 0. The summed E-state index contributed by atoms with van der Waals surface area (Å²) in [5, 5.41) is 12.5. The quantitative estimate of drug-likeness (QED) is 0.862. The normalized spacial score (nSPS) is 9.95. The summed E-state index contributed by atoms with van der Waals surface area (Å²) in [4.78, 5) is 5.25. The number of hydrogen-bond acceptors (Lipinski definition) is 4. The number of hydrogen-bond donors (Lipinski definition) is 1. The fourth-order valence-electron chi connectivity index (χ4n) is 1.76. The van der Waals surface area contributed by atoms with Crippen molar-refractivity contribution in [3.8, 4) is 6.07 Å². The van der Waals surface area contributed by atoms with Gasteiger partial charge < -0.3 is 5.32 Å². The predicted molar refractivity (Wildman–Crippen MR) is 79.2 cm³/mol. The largest absolute Gasteiger partial charge is 0.380 e. The maximum atomic E-state index is 9.25. The molecule has 0 fully saturated rings. The Hall–Kier alpha value is -1.99. The molecule has 0 atom stereocenters. The van der Waals surface area contributed by atoms with E-state index in [9.17, 15) is 5.26 Å². The number of pyridine rings is 1. The Kier molecular flexibility index (Phi) is 4.43. The minimum absolute atomic E-state index is 0.666. The van der Waals surface area contributed by atoms with Crippen LogP contribution in [0.3, 0.4) is 0 Å². The molecule has 1 heterocycles. The van der Waals surface area contributed by atoms with Gasteiger partial charge in [-0.25, -0.2) is 0 Å². The number of anilines is 1. The third-order valence-electron chi connectivity index (χ3n) is 2.81. The first-order valence-corrected chi connectivity index (χ1v) is 7.19. The Labute approximate surface area is 117 Å². The fraction of sp³-hybridized carbons (Fsp3) is 0.200. The van der Waals surface area contributed by atoms with Gasteiger partial charge in [-0.3, -0.25) is 4.98 Å². The van der Waals surface area contributed by atoms with Crippen molar-refractivity contribution in [3.05, 3.63) is 53.3 Å². The second-order valence-corrected chi connectivity index (χ2v) is 5.00. The number of rotatable bonds is 4. The van der Waals surface area contributed by atoms with Crippen LogP contribution in [0.4, 0.5) is 5.69 Å². The van der Waals surface area contributed by atoms with Gasteiger partial charge in [0.05, 0.1) is 11.3 Å². The molecule has 19 heavy (non-hydrogen) atoms. The van der Waals surface area contributed by atoms with E-state index in [4.69, 9.17) is 0 Å². The minimum atomic E-state index is 0.666. The number of aryl methyl sites for hydroxylation is 1. The number of aromatic nitrogens is 1. The molecule has 96 valence electrons. The van der Waals surface area contributed by atoms with E-state index in [1.165, 1.54) is 0 Å². The van der Waals surface area contributed by atoms with Crippen molar-refractivity contribution in [1.29, 1.82) is 5.26 Å². The SMILES string of the molecule is CSc1cccc(NCc2ccc(C)nc2)c1C#N. The molecular weight excluding hydrogens is 254 g/mol. The second kappa shape index (κ2) is 6.26. The molecular formula is C15H15N3S. The van der Waals surface area contributed by atoms with Crippen LogP contribution in [0.2, 0.25) is 0 Å². The van der Waals surface area contributed by atoms with Crippen LogP contribution in [0, 0.1) is 18.3 Å². The first kappa shape index (κ1) is 13.4. The number of benzene rings is 1. The maximum Gasteiger partial charge on any atom is 0.102 e. The van der Waals surface area contributed by atoms with Crippen molar-refractivity contribution in [2.45, 2.75) is 18.4 Å². The van der Waals surface area contributed by atoms with E-state index in [0.29, 0.717) is 12.1 Å². The highest BCUT2D eigenvalue weighted by molar-refractivity contribution is 7.98. The lowest BCUT2D eigenvalue weighted by Gasteiger charge is -2.10. The van der Waals surface area contributed by atoms with Gasteiger partial charge >= 0.3 is 0 Å². The first-order chi connectivity index (χ1) is 9.24. The monoisotopic (exact) mass is 269 g/mol. The van der Waals surface area contributed by atoms with Gasteiger partial charge in [-0.1, -0.05) is 12.1 Å². The van der Waals surface area contributed by atoms with E-state index in [2.05, 4.69) is 16.4 Å². The minimum Gasteiger partial charge on any atom is -0.380 e. The van der Waals surface area contributed by atoms with Gasteiger partial charge in [0, 0.05) is 23.3 Å². The molecule has 1 aromatic carbocycles. The Balaban J connectivity index is 2.16. The van der Waals surface area contributed by atoms with Gasteiger partial charge in [-0.05, 0) is 36.9 Å². The van der Waals surface area contributed by atoms with Gasteiger partial charge in [0.15, 0.2) is 0 Å². The van der Waals surface area contributed by atoms with Gasteiger partial charge in [0.25, 0.3) is 0 Å². The Morgan fingerprint density at radius 3 is 2.79 bits per heavy atom. The van der Waals surface area contributed by atoms with Crippen LogP contribution in [-0.4, -0.2) is 11.2 Å². The molecule has 0 aliphatic heterocycles. The zero-order valence-corrected chi connectivity index (χ0v) is 11.8. The molecule has 2 rings (SSSR count). The summed E-state index contributed by atoms with van der Waals surface area (Å²) >= 11 is 1.58. The number of nitriles is 1. The zero-order valence-electron chi connectivity index (χ0n) is 11.0. The Bertz CT molecular complexity index is 600. The third kappa shape index (κ3) is 3.27. The highest BCUT2D eigenvalue weighted by Gasteiger charge is 2.06. The third-order valence-corrected chi connectivity index (χ3v) is 3.59. The lowest BCUT2D eigenvalue weighted by atomic mass is 10.2. The Morgan fingerprint density at radius 2 is 2.16 bits per heavy atom. The standard InChI is InChI=1S/C15H15N3S/c1-11-6-7-12(9-17-11)10-18-14-4-3-5-15(19-2)13(14)8-16/h3-7,9,18H,10H2,1-2H3. The average molecular weight is 269 g/mol. The van der Waals surface area contributed by atoms with Gasteiger partial charge in [-0.2, -0.15) is 5.26 Å². The van der Waals surface area contributed by atoms with Crippen molar-refractivity contribution < 1.29 is 0 Å². The molecule has 0 saturated carbocycles. The van der Waals surface area contributed by atoms with E-state index in [-0.39, 0.29) is 0 Å². The molecule has 0 unspecified atom stereocenters. The van der Waals surface area contributed by atoms with Crippen LogP contribution >= 0.6 is 11.8 Å². The molecule has 4 heteroatoms. The molecule has 0 amide bonds. The fourth-order valence-corrected chi connectivity index (χ4v) is 2.34. The summed E-state index contributed by atoms with van der Waals surface area (Å²) in [5.74, 6) is 0. The number of thioether (sulfide) groups is 1. The molecule has 1 N–H and O–H groups in total. The molecule has 0 saturated heterocycles. The summed E-state index contributed by atoms with van der Waals surface area (Å²) in [6, 6.07) is 12.1. The smallest absolute Gasteiger partial charge is 0.102 e. The van der Waals surface area contributed by atoms with E-state index in [1.54, 1.807) is 11.8 Å². The van der Waals surface area contributed by atoms with Crippen LogP contribution in [0.5, 0.6) is 0 Å². The molecule has 0 bridgehead atoms. The highest BCUT2D eigenvalue weighted by Crippen LogP contribution is 2.26. The predicted octanol–water partition coefficient (Wildman–Crippen LogP) is 3.60. The summed E-state index contributed by atoms with van der Waals surface area (Å²) in [5.41, 5.74) is 3.68. The lowest BCUT2D eigenvalue weighted by molar-refractivity contribution is 1.08. The summed E-state index contributed by atoms with van der Waals surface area (Å²) in [7, 11) is 0. The van der Waals surface area contributed by atoms with Crippen molar-refractivity contribution in [2.75, 3.05) is 11.6 Å². The van der Waals surface area contributed by atoms with Crippen LogP contribution in [0.1, 0.15) is 16.8 Å². The molecule has 1 aromatic heterocycles. The second-order valence-electron chi connectivity index (χ2n) is 4.16. The van der Waals surface area contributed by atoms with E-state index in [0.717, 1.165) is 21.8 Å². The summed E-state index contributed by atoms with van der Waals surface area (Å²) in [6.07, 6.45) is 3.83. The Morgan fingerprint density at radius 1 is 1.32 bits per heavy atom. The van der Waals surface area contributed by atoms with Crippen LogP contribution in [-0.2, 0) is 6.54 Å². The van der Waals surface area contributed by atoms with Crippen LogP contribution < -0.4 is 5.32 Å². The molecule has 0 radical (unpaired) electrons. The van der Waals surface area contributed by atoms with Gasteiger partial charge in [-0.15, -0.1) is 11.8 Å². The lowest BCUT2D eigenvalue weighted by Crippen LogP contribution is -2.02. The van der Waals surface area contributed by atoms with E-state index >= 15 is 0 Å². The van der Waals surface area contributed by atoms with E-state index in [1.807, 2.05) is 49.7 Å². The maximum absolute atomic E-state index is 9.25. The topological polar surface area (TPSA) is 48.7 Å². The molecule has 2 aromatic rings. The van der Waals surface area contributed by atoms with Gasteiger partial charge in [0.1, 0.15) is 6.07 Å². The van der Waals surface area contributed by atoms with Crippen molar-refractivity contribution in [3.63, 3.8) is 0 Å². The average Bonchev–Trinajstić information content (AvgIpc) is 2.46. The molecule has 0 spiro atoms.